The number of hydrogen-bond donors (Lipinski definition) is 1. The zero-order valence-corrected chi connectivity index (χ0v) is 14.2. The normalized spacial score (nSPS) is 11.7. The first-order chi connectivity index (χ1) is 10.9. The standard InChI is InChI=1S/C16H12Cl3NO3/c1-9(15(21)20-12-5-2-10(17)3-6-12)23-16(22)13-7-4-11(18)8-14(13)19/h2-9H,1H3,(H,20,21). The molecule has 7 heteroatoms. The van der Waals surface area contributed by atoms with Crippen LogP contribution in [-0.2, 0) is 9.53 Å². The molecule has 4 nitrogen and oxygen atoms in total. The minimum absolute atomic E-state index is 0.141. The van der Waals surface area contributed by atoms with Crippen LogP contribution in [0.3, 0.4) is 0 Å². The number of carbonyl (C=O) groups is 2. The Labute approximate surface area is 148 Å². The molecule has 0 heterocycles. The van der Waals surface area contributed by atoms with Crippen LogP contribution in [0.25, 0.3) is 0 Å². The van der Waals surface area contributed by atoms with Gasteiger partial charge in [0.1, 0.15) is 0 Å². The van der Waals surface area contributed by atoms with Crippen molar-refractivity contribution in [1.29, 1.82) is 0 Å². The lowest BCUT2D eigenvalue weighted by atomic mass is 10.2. The second-order valence-corrected chi connectivity index (χ2v) is 5.95. The molecule has 0 fully saturated rings. The van der Waals surface area contributed by atoms with E-state index in [1.807, 2.05) is 0 Å². The van der Waals surface area contributed by atoms with Crippen molar-refractivity contribution in [2.24, 2.45) is 0 Å². The molecule has 1 N–H and O–H groups in total. The second-order valence-electron chi connectivity index (χ2n) is 4.67. The number of nitrogens with one attached hydrogen (secondary N) is 1. The maximum atomic E-state index is 12.0. The highest BCUT2D eigenvalue weighted by molar-refractivity contribution is 6.36. The molecule has 2 rings (SSSR count). The van der Waals surface area contributed by atoms with Crippen LogP contribution in [0.15, 0.2) is 42.5 Å². The first-order valence-electron chi connectivity index (χ1n) is 6.59. The Balaban J connectivity index is 2.00. The molecule has 0 saturated heterocycles. The van der Waals surface area contributed by atoms with Gasteiger partial charge in [-0.1, -0.05) is 34.8 Å². The van der Waals surface area contributed by atoms with Crippen LogP contribution in [0.1, 0.15) is 17.3 Å². The molecule has 0 bridgehead atoms. The number of halogens is 3. The fourth-order valence-corrected chi connectivity index (χ4v) is 2.32. The fourth-order valence-electron chi connectivity index (χ4n) is 1.71. The predicted octanol–water partition coefficient (Wildman–Crippen LogP) is 4.83. The molecule has 0 saturated carbocycles. The maximum Gasteiger partial charge on any atom is 0.340 e. The highest BCUT2D eigenvalue weighted by Gasteiger charge is 2.20. The SMILES string of the molecule is CC(OC(=O)c1ccc(Cl)cc1Cl)C(=O)Nc1ccc(Cl)cc1. The number of rotatable bonds is 4. The van der Waals surface area contributed by atoms with Gasteiger partial charge in [-0.2, -0.15) is 0 Å². The van der Waals surface area contributed by atoms with E-state index in [0.29, 0.717) is 15.7 Å². The van der Waals surface area contributed by atoms with E-state index in [2.05, 4.69) is 5.32 Å². The minimum atomic E-state index is -0.995. The average molecular weight is 373 g/mol. The second kappa shape index (κ2) is 7.68. The third-order valence-electron chi connectivity index (χ3n) is 2.92. The number of anilines is 1. The Morgan fingerprint density at radius 2 is 1.61 bits per heavy atom. The monoisotopic (exact) mass is 371 g/mol. The van der Waals surface area contributed by atoms with Crippen molar-refractivity contribution in [2.75, 3.05) is 5.32 Å². The van der Waals surface area contributed by atoms with Gasteiger partial charge < -0.3 is 10.1 Å². The average Bonchev–Trinajstić information content (AvgIpc) is 2.49. The van der Waals surface area contributed by atoms with Crippen LogP contribution in [0.4, 0.5) is 5.69 Å². The van der Waals surface area contributed by atoms with Gasteiger partial charge in [0.2, 0.25) is 0 Å². The van der Waals surface area contributed by atoms with Crippen molar-refractivity contribution in [1.82, 2.24) is 0 Å². The van der Waals surface area contributed by atoms with Gasteiger partial charge in [-0.05, 0) is 49.4 Å². The minimum Gasteiger partial charge on any atom is -0.449 e. The van der Waals surface area contributed by atoms with Gasteiger partial charge in [-0.3, -0.25) is 4.79 Å². The molecule has 23 heavy (non-hydrogen) atoms. The topological polar surface area (TPSA) is 55.4 Å². The molecule has 0 radical (unpaired) electrons. The molecule has 0 aliphatic carbocycles. The van der Waals surface area contributed by atoms with Crippen LogP contribution in [0, 0.1) is 0 Å². The van der Waals surface area contributed by atoms with Gasteiger partial charge in [0.05, 0.1) is 10.6 Å². The van der Waals surface area contributed by atoms with E-state index in [9.17, 15) is 9.59 Å². The Morgan fingerprint density at radius 1 is 1.00 bits per heavy atom. The summed E-state index contributed by atoms with van der Waals surface area (Å²) >= 11 is 17.5. The van der Waals surface area contributed by atoms with Crippen molar-refractivity contribution < 1.29 is 14.3 Å². The van der Waals surface area contributed by atoms with E-state index in [4.69, 9.17) is 39.5 Å². The van der Waals surface area contributed by atoms with E-state index in [1.54, 1.807) is 24.3 Å². The van der Waals surface area contributed by atoms with Gasteiger partial charge in [-0.15, -0.1) is 0 Å². The molecule has 0 aliphatic heterocycles. The summed E-state index contributed by atoms with van der Waals surface area (Å²) in [5.41, 5.74) is 0.689. The Morgan fingerprint density at radius 3 is 2.22 bits per heavy atom. The molecule has 1 unspecified atom stereocenters. The highest BCUT2D eigenvalue weighted by atomic mass is 35.5. The van der Waals surface area contributed by atoms with E-state index in [-0.39, 0.29) is 10.6 Å². The van der Waals surface area contributed by atoms with Crippen molar-refractivity contribution in [3.8, 4) is 0 Å². The highest BCUT2D eigenvalue weighted by Crippen LogP contribution is 2.22. The third kappa shape index (κ3) is 4.86. The number of hydrogen-bond acceptors (Lipinski definition) is 3. The number of carbonyl (C=O) groups excluding carboxylic acids is 2. The lowest BCUT2D eigenvalue weighted by molar-refractivity contribution is -0.123. The van der Waals surface area contributed by atoms with Gasteiger partial charge in [0.15, 0.2) is 6.10 Å². The summed E-state index contributed by atoms with van der Waals surface area (Å²) in [4.78, 5) is 24.1. The quantitative estimate of drug-likeness (QED) is 0.782. The Bertz CT molecular complexity index is 732. The molecule has 0 aromatic heterocycles. The molecular formula is C16H12Cl3NO3. The molecule has 120 valence electrons. The van der Waals surface area contributed by atoms with Crippen molar-refractivity contribution in [2.45, 2.75) is 13.0 Å². The van der Waals surface area contributed by atoms with Gasteiger partial charge >= 0.3 is 5.97 Å². The molecule has 2 aromatic rings. The molecule has 0 aliphatic rings. The fraction of sp³-hybridized carbons (Fsp3) is 0.125. The summed E-state index contributed by atoms with van der Waals surface area (Å²) in [7, 11) is 0. The summed E-state index contributed by atoms with van der Waals surface area (Å²) in [6, 6.07) is 11.0. The van der Waals surface area contributed by atoms with E-state index in [0.717, 1.165) is 0 Å². The largest absolute Gasteiger partial charge is 0.449 e. The van der Waals surface area contributed by atoms with Crippen LogP contribution in [0.5, 0.6) is 0 Å². The molecule has 1 amide bonds. The summed E-state index contributed by atoms with van der Waals surface area (Å²) < 4.78 is 5.11. The summed E-state index contributed by atoms with van der Waals surface area (Å²) in [6.07, 6.45) is -0.995. The van der Waals surface area contributed by atoms with Crippen molar-refractivity contribution in [3.63, 3.8) is 0 Å². The first-order valence-corrected chi connectivity index (χ1v) is 7.72. The Hall–Kier alpha value is -1.75. The maximum absolute atomic E-state index is 12.0. The first kappa shape index (κ1) is 17.6. The van der Waals surface area contributed by atoms with E-state index >= 15 is 0 Å². The molecule has 2 aromatic carbocycles. The zero-order valence-electron chi connectivity index (χ0n) is 12.0. The van der Waals surface area contributed by atoms with Crippen LogP contribution in [-0.4, -0.2) is 18.0 Å². The van der Waals surface area contributed by atoms with Crippen molar-refractivity contribution in [3.05, 3.63) is 63.1 Å². The van der Waals surface area contributed by atoms with E-state index in [1.165, 1.54) is 25.1 Å². The summed E-state index contributed by atoms with van der Waals surface area (Å²) in [6.45, 7) is 1.47. The third-order valence-corrected chi connectivity index (χ3v) is 3.72. The molecular weight excluding hydrogens is 361 g/mol. The van der Waals surface area contributed by atoms with Crippen LogP contribution in [0.2, 0.25) is 15.1 Å². The zero-order chi connectivity index (χ0) is 17.0. The number of amides is 1. The molecule has 1 atom stereocenters. The van der Waals surface area contributed by atoms with Crippen LogP contribution < -0.4 is 5.32 Å². The Kier molecular flexibility index (Phi) is 5.88. The van der Waals surface area contributed by atoms with Crippen LogP contribution >= 0.6 is 34.8 Å². The van der Waals surface area contributed by atoms with Gasteiger partial charge in [0.25, 0.3) is 5.91 Å². The number of esters is 1. The number of benzene rings is 2. The van der Waals surface area contributed by atoms with Gasteiger partial charge in [0, 0.05) is 15.7 Å². The predicted molar refractivity (Wildman–Crippen MR) is 91.4 cm³/mol. The van der Waals surface area contributed by atoms with Crippen molar-refractivity contribution >= 4 is 52.4 Å². The summed E-state index contributed by atoms with van der Waals surface area (Å²) in [5, 5.41) is 3.74. The molecule has 0 spiro atoms. The smallest absolute Gasteiger partial charge is 0.340 e. The number of ether oxygens (including phenoxy) is 1. The van der Waals surface area contributed by atoms with E-state index < -0.39 is 18.0 Å². The lowest BCUT2D eigenvalue weighted by Crippen LogP contribution is -2.30. The van der Waals surface area contributed by atoms with Gasteiger partial charge in [-0.25, -0.2) is 4.79 Å². The summed E-state index contributed by atoms with van der Waals surface area (Å²) in [5.74, 6) is -1.17. The lowest BCUT2D eigenvalue weighted by Gasteiger charge is -2.14.